The number of hydrogen-bond acceptors (Lipinski definition) is 8. The van der Waals surface area contributed by atoms with Gasteiger partial charge in [0.2, 0.25) is 6.79 Å². The molecule has 0 spiro atoms. The summed E-state index contributed by atoms with van der Waals surface area (Å²) >= 11 is 7.22. The fraction of sp³-hybridized carbons (Fsp3) is 0.214. The van der Waals surface area contributed by atoms with Crippen molar-refractivity contribution in [2.24, 2.45) is 0 Å². The second-order valence-electron chi connectivity index (χ2n) is 8.21. The van der Waals surface area contributed by atoms with E-state index in [1.54, 1.807) is 36.4 Å². The molecule has 2 aliphatic heterocycles. The molecule has 2 amide bonds. The molecular weight excluding hydrogens is 530 g/mol. The summed E-state index contributed by atoms with van der Waals surface area (Å²) in [5.41, 5.74) is 1.30. The van der Waals surface area contributed by atoms with Crippen molar-refractivity contribution in [1.82, 2.24) is 4.90 Å². The van der Waals surface area contributed by atoms with Gasteiger partial charge in [0.25, 0.3) is 11.1 Å². The molecule has 38 heavy (non-hydrogen) atoms. The lowest BCUT2D eigenvalue weighted by Crippen LogP contribution is -2.27. The molecule has 0 aromatic heterocycles. The van der Waals surface area contributed by atoms with Gasteiger partial charge in [0.05, 0.1) is 18.1 Å². The molecule has 0 bridgehead atoms. The van der Waals surface area contributed by atoms with Crippen LogP contribution in [0.15, 0.2) is 65.6 Å². The first-order valence-electron chi connectivity index (χ1n) is 11.9. The van der Waals surface area contributed by atoms with Crippen molar-refractivity contribution >= 4 is 40.6 Å². The third-order valence-electron chi connectivity index (χ3n) is 5.66. The summed E-state index contributed by atoms with van der Waals surface area (Å²) in [6, 6.07) is 18.2. The van der Waals surface area contributed by atoms with E-state index in [0.29, 0.717) is 63.9 Å². The second kappa shape index (κ2) is 11.7. The van der Waals surface area contributed by atoms with Crippen LogP contribution in [-0.4, -0.2) is 42.7 Å². The largest absolute Gasteiger partial charge is 0.490 e. The molecule has 0 aliphatic carbocycles. The standard InChI is InChI=1S/C28H24ClNO7S/c1-2-33-23-12-18(8-9-22(23)35-11-10-34-20-6-4-3-5-7-20)13-26-27(31)30(28(32)38-26)16-19-14-24-25(15-21(19)29)37-17-36-24/h3-9,12-15H,2,10-11,16-17H2,1H3/b26-13-. The van der Waals surface area contributed by atoms with Crippen LogP contribution in [0.3, 0.4) is 0 Å². The van der Waals surface area contributed by atoms with Crippen molar-refractivity contribution in [3.63, 3.8) is 0 Å². The van der Waals surface area contributed by atoms with E-state index in [9.17, 15) is 9.59 Å². The molecule has 2 heterocycles. The molecule has 8 nitrogen and oxygen atoms in total. The number of hydrogen-bond donors (Lipinski definition) is 0. The molecule has 10 heteroatoms. The van der Waals surface area contributed by atoms with Gasteiger partial charge in [0.15, 0.2) is 23.0 Å². The molecule has 5 rings (SSSR count). The van der Waals surface area contributed by atoms with Crippen LogP contribution in [0.25, 0.3) is 6.08 Å². The Balaban J connectivity index is 1.26. The first kappa shape index (κ1) is 25.8. The molecule has 0 saturated carbocycles. The SMILES string of the molecule is CCOc1cc(/C=C2\SC(=O)N(Cc3cc4c(cc3Cl)OCO4)C2=O)ccc1OCCOc1ccccc1. The molecule has 1 fully saturated rings. The van der Waals surface area contributed by atoms with E-state index in [0.717, 1.165) is 22.4 Å². The van der Waals surface area contributed by atoms with Crippen molar-refractivity contribution in [2.75, 3.05) is 26.6 Å². The van der Waals surface area contributed by atoms with Gasteiger partial charge in [0, 0.05) is 11.1 Å². The molecule has 0 unspecified atom stereocenters. The number of halogens is 1. The molecular formula is C28H24ClNO7S. The van der Waals surface area contributed by atoms with Gasteiger partial charge >= 0.3 is 0 Å². The first-order chi connectivity index (χ1) is 18.5. The maximum absolute atomic E-state index is 13.1. The number of nitrogens with zero attached hydrogens (tertiary/aromatic N) is 1. The van der Waals surface area contributed by atoms with E-state index in [1.165, 1.54) is 0 Å². The predicted molar refractivity (Wildman–Crippen MR) is 144 cm³/mol. The van der Waals surface area contributed by atoms with Gasteiger partial charge < -0.3 is 23.7 Å². The Morgan fingerprint density at radius 2 is 1.71 bits per heavy atom. The highest BCUT2D eigenvalue weighted by atomic mass is 35.5. The van der Waals surface area contributed by atoms with Crippen LogP contribution in [-0.2, 0) is 11.3 Å². The number of rotatable bonds is 10. The average molecular weight is 554 g/mol. The van der Waals surface area contributed by atoms with Crippen LogP contribution in [0.4, 0.5) is 4.79 Å². The number of ether oxygens (including phenoxy) is 5. The molecule has 196 valence electrons. The van der Waals surface area contributed by atoms with Crippen molar-refractivity contribution < 1.29 is 33.3 Å². The second-order valence-corrected chi connectivity index (χ2v) is 9.61. The van der Waals surface area contributed by atoms with E-state index < -0.39 is 5.91 Å². The monoisotopic (exact) mass is 553 g/mol. The Hall–Kier alpha value is -3.82. The van der Waals surface area contributed by atoms with E-state index in [2.05, 4.69) is 0 Å². The number of imide groups is 1. The number of fused-ring (bicyclic) bond motifs is 1. The minimum absolute atomic E-state index is 0.0273. The summed E-state index contributed by atoms with van der Waals surface area (Å²) in [7, 11) is 0. The summed E-state index contributed by atoms with van der Waals surface area (Å²) < 4.78 is 28.0. The molecule has 0 atom stereocenters. The van der Waals surface area contributed by atoms with Crippen LogP contribution in [0, 0.1) is 0 Å². The zero-order chi connectivity index (χ0) is 26.5. The fourth-order valence-corrected chi connectivity index (χ4v) is 4.92. The zero-order valence-corrected chi connectivity index (χ0v) is 22.0. The van der Waals surface area contributed by atoms with Gasteiger partial charge in [-0.2, -0.15) is 0 Å². The lowest BCUT2D eigenvalue weighted by atomic mass is 10.1. The molecule has 1 saturated heterocycles. The topological polar surface area (TPSA) is 83.5 Å². The lowest BCUT2D eigenvalue weighted by molar-refractivity contribution is -0.123. The van der Waals surface area contributed by atoms with Crippen molar-refractivity contribution in [1.29, 1.82) is 0 Å². The van der Waals surface area contributed by atoms with E-state index in [4.69, 9.17) is 35.3 Å². The van der Waals surface area contributed by atoms with Crippen LogP contribution < -0.4 is 23.7 Å². The molecule has 3 aromatic rings. The highest BCUT2D eigenvalue weighted by molar-refractivity contribution is 8.18. The van der Waals surface area contributed by atoms with E-state index >= 15 is 0 Å². The molecule has 0 N–H and O–H groups in total. The summed E-state index contributed by atoms with van der Waals surface area (Å²) in [5.74, 6) is 2.54. The van der Waals surface area contributed by atoms with Crippen molar-refractivity contribution in [3.05, 3.63) is 81.7 Å². The number of thioether (sulfide) groups is 1. The highest BCUT2D eigenvalue weighted by Gasteiger charge is 2.35. The van der Waals surface area contributed by atoms with Gasteiger partial charge in [-0.25, -0.2) is 0 Å². The van der Waals surface area contributed by atoms with Gasteiger partial charge in [-0.05, 0) is 66.2 Å². The van der Waals surface area contributed by atoms with Gasteiger partial charge in [0.1, 0.15) is 19.0 Å². The Morgan fingerprint density at radius 3 is 2.50 bits per heavy atom. The summed E-state index contributed by atoms with van der Waals surface area (Å²) in [6.45, 7) is 3.15. The molecule has 0 radical (unpaired) electrons. The Bertz CT molecular complexity index is 1380. The minimum atomic E-state index is -0.398. The smallest absolute Gasteiger partial charge is 0.293 e. The maximum atomic E-state index is 13.1. The number of carbonyl (C=O) groups is 2. The van der Waals surface area contributed by atoms with Crippen LogP contribution in [0.5, 0.6) is 28.7 Å². The van der Waals surface area contributed by atoms with E-state index in [1.807, 2.05) is 37.3 Å². The first-order valence-corrected chi connectivity index (χ1v) is 13.1. The summed E-state index contributed by atoms with van der Waals surface area (Å²) in [6.07, 6.45) is 1.66. The average Bonchev–Trinajstić information content (AvgIpc) is 3.47. The number of benzene rings is 3. The quantitative estimate of drug-likeness (QED) is 0.218. The van der Waals surface area contributed by atoms with Crippen LogP contribution in [0.1, 0.15) is 18.1 Å². The summed E-state index contributed by atoms with van der Waals surface area (Å²) in [4.78, 5) is 27.2. The van der Waals surface area contributed by atoms with Gasteiger partial charge in [-0.3, -0.25) is 14.5 Å². The molecule has 3 aromatic carbocycles. The minimum Gasteiger partial charge on any atom is -0.490 e. The fourth-order valence-electron chi connectivity index (χ4n) is 3.87. The van der Waals surface area contributed by atoms with Gasteiger partial charge in [-0.15, -0.1) is 0 Å². The predicted octanol–water partition coefficient (Wildman–Crippen LogP) is 6.16. The number of carbonyl (C=O) groups excluding carboxylic acids is 2. The Labute approximate surface area is 229 Å². The number of amides is 2. The van der Waals surface area contributed by atoms with Crippen LogP contribution in [0.2, 0.25) is 5.02 Å². The number of para-hydroxylation sites is 1. The Morgan fingerprint density at radius 1 is 0.947 bits per heavy atom. The summed E-state index contributed by atoms with van der Waals surface area (Å²) in [5, 5.41) is 0.0155. The maximum Gasteiger partial charge on any atom is 0.293 e. The lowest BCUT2D eigenvalue weighted by Gasteiger charge is -2.14. The zero-order valence-electron chi connectivity index (χ0n) is 20.5. The third kappa shape index (κ3) is 5.84. The van der Waals surface area contributed by atoms with Crippen molar-refractivity contribution in [2.45, 2.75) is 13.5 Å². The van der Waals surface area contributed by atoms with E-state index in [-0.39, 0.29) is 18.6 Å². The molecule has 2 aliphatic rings. The highest BCUT2D eigenvalue weighted by Crippen LogP contribution is 2.40. The Kier molecular flexibility index (Phi) is 7.95. The normalized spacial score (nSPS) is 15.3. The van der Waals surface area contributed by atoms with Gasteiger partial charge in [-0.1, -0.05) is 35.9 Å². The van der Waals surface area contributed by atoms with Crippen molar-refractivity contribution in [3.8, 4) is 28.7 Å². The van der Waals surface area contributed by atoms with Crippen LogP contribution >= 0.6 is 23.4 Å². The third-order valence-corrected chi connectivity index (χ3v) is 6.92.